The third-order valence-corrected chi connectivity index (χ3v) is 4.60. The molecule has 0 atom stereocenters. The summed E-state index contributed by atoms with van der Waals surface area (Å²) in [5.74, 6) is -0.321. The van der Waals surface area contributed by atoms with Crippen LogP contribution < -0.4 is 10.1 Å². The highest BCUT2D eigenvalue weighted by atomic mass is 32.2. The van der Waals surface area contributed by atoms with E-state index in [1.165, 1.54) is 6.07 Å². The maximum absolute atomic E-state index is 13.0. The predicted octanol–water partition coefficient (Wildman–Crippen LogP) is 4.27. The van der Waals surface area contributed by atoms with E-state index in [1.807, 2.05) is 13.0 Å². The van der Waals surface area contributed by atoms with Crippen molar-refractivity contribution in [2.75, 3.05) is 17.7 Å². The molecule has 0 bridgehead atoms. The second-order valence-electron chi connectivity index (χ2n) is 5.81. The van der Waals surface area contributed by atoms with Crippen molar-refractivity contribution >= 4 is 29.0 Å². The lowest BCUT2D eigenvalue weighted by Crippen LogP contribution is -2.16. The van der Waals surface area contributed by atoms with Crippen molar-refractivity contribution < 1.29 is 22.7 Å². The molecule has 3 rings (SSSR count). The number of aromatic nitrogens is 3. The summed E-state index contributed by atoms with van der Waals surface area (Å²) in [4.78, 5) is 12.3. The van der Waals surface area contributed by atoms with Crippen molar-refractivity contribution in [1.29, 1.82) is 0 Å². The number of amides is 1. The molecule has 0 unspecified atom stereocenters. The van der Waals surface area contributed by atoms with Crippen LogP contribution in [0.4, 0.5) is 18.9 Å². The molecule has 1 N–H and O–H groups in total. The third kappa shape index (κ3) is 4.75. The summed E-state index contributed by atoms with van der Waals surface area (Å²) in [5.41, 5.74) is -0.235. The van der Waals surface area contributed by atoms with Crippen molar-refractivity contribution in [1.82, 2.24) is 14.6 Å². The summed E-state index contributed by atoms with van der Waals surface area (Å²) in [6, 6.07) is 8.42. The number of alkyl halides is 3. The summed E-state index contributed by atoms with van der Waals surface area (Å²) in [6.45, 7) is 2.20. The Hall–Kier alpha value is -2.75. The van der Waals surface area contributed by atoms with Gasteiger partial charge in [-0.2, -0.15) is 13.2 Å². The van der Waals surface area contributed by atoms with Crippen LogP contribution >= 0.6 is 11.8 Å². The molecule has 2 heterocycles. The number of ether oxygens (including phenoxy) is 1. The average molecular weight is 410 g/mol. The Bertz CT molecular complexity index is 975. The van der Waals surface area contributed by atoms with Gasteiger partial charge in [0.1, 0.15) is 5.75 Å². The van der Waals surface area contributed by atoms with Gasteiger partial charge in [-0.25, -0.2) is 0 Å². The number of pyridine rings is 1. The monoisotopic (exact) mass is 410 g/mol. The number of rotatable bonds is 7. The van der Waals surface area contributed by atoms with Crippen LogP contribution in [0.3, 0.4) is 0 Å². The molecule has 0 saturated carbocycles. The van der Waals surface area contributed by atoms with E-state index in [-0.39, 0.29) is 17.2 Å². The molecule has 148 valence electrons. The standard InChI is InChI=1S/C18H17F3N4O2S/c1-2-9-27-14-7-6-12(18(19,20)21)10-13(14)22-16(26)11-28-17-24-23-15-5-3-4-8-25(15)17/h3-8,10H,2,9,11H2,1H3,(H,22,26). The molecule has 0 fully saturated rings. The van der Waals surface area contributed by atoms with Crippen molar-refractivity contribution in [3.63, 3.8) is 0 Å². The number of nitrogens with zero attached hydrogens (tertiary/aromatic N) is 3. The van der Waals surface area contributed by atoms with Gasteiger partial charge in [0.25, 0.3) is 0 Å². The van der Waals surface area contributed by atoms with Gasteiger partial charge >= 0.3 is 6.18 Å². The van der Waals surface area contributed by atoms with Crippen molar-refractivity contribution in [2.24, 2.45) is 0 Å². The highest BCUT2D eigenvalue weighted by Crippen LogP contribution is 2.35. The Labute approximate surface area is 163 Å². The van der Waals surface area contributed by atoms with E-state index in [4.69, 9.17) is 4.74 Å². The van der Waals surface area contributed by atoms with Crippen LogP contribution in [0.15, 0.2) is 47.8 Å². The van der Waals surface area contributed by atoms with Gasteiger partial charge in [0.2, 0.25) is 5.91 Å². The first kappa shape index (κ1) is 20.0. The minimum atomic E-state index is -4.52. The summed E-state index contributed by atoms with van der Waals surface area (Å²) >= 11 is 1.13. The van der Waals surface area contributed by atoms with E-state index in [0.29, 0.717) is 23.8 Å². The van der Waals surface area contributed by atoms with Crippen molar-refractivity contribution in [3.05, 3.63) is 48.2 Å². The maximum Gasteiger partial charge on any atom is 0.416 e. The summed E-state index contributed by atoms with van der Waals surface area (Å²) in [5, 5.41) is 11.0. The lowest BCUT2D eigenvalue weighted by molar-refractivity contribution is -0.137. The van der Waals surface area contributed by atoms with E-state index < -0.39 is 17.6 Å². The number of anilines is 1. The van der Waals surface area contributed by atoms with Gasteiger partial charge in [0.15, 0.2) is 10.8 Å². The molecule has 6 nitrogen and oxygen atoms in total. The molecule has 0 aliphatic carbocycles. The molecule has 3 aromatic rings. The van der Waals surface area contributed by atoms with Gasteiger partial charge < -0.3 is 10.1 Å². The molecule has 1 aromatic carbocycles. The Morgan fingerprint density at radius 1 is 1.25 bits per heavy atom. The number of hydrogen-bond acceptors (Lipinski definition) is 5. The number of hydrogen-bond donors (Lipinski definition) is 1. The highest BCUT2D eigenvalue weighted by Gasteiger charge is 2.31. The van der Waals surface area contributed by atoms with Crippen LogP contribution in [0.5, 0.6) is 5.75 Å². The molecule has 28 heavy (non-hydrogen) atoms. The van der Waals surface area contributed by atoms with Crippen LogP contribution in [0.2, 0.25) is 0 Å². The average Bonchev–Trinajstić information content (AvgIpc) is 3.08. The quantitative estimate of drug-likeness (QED) is 0.589. The number of benzene rings is 1. The van der Waals surface area contributed by atoms with Gasteiger partial charge in [0.05, 0.1) is 23.6 Å². The zero-order valence-electron chi connectivity index (χ0n) is 14.9. The first-order valence-electron chi connectivity index (χ1n) is 8.45. The largest absolute Gasteiger partial charge is 0.491 e. The summed E-state index contributed by atoms with van der Waals surface area (Å²) in [6.07, 6.45) is -2.07. The molecule has 0 spiro atoms. The van der Waals surface area contributed by atoms with E-state index in [0.717, 1.165) is 23.9 Å². The fourth-order valence-corrected chi connectivity index (χ4v) is 3.10. The topological polar surface area (TPSA) is 68.5 Å². The number of thioether (sulfide) groups is 1. The molecule has 0 saturated heterocycles. The van der Waals surface area contributed by atoms with Crippen LogP contribution in [0.25, 0.3) is 5.65 Å². The number of carbonyl (C=O) groups is 1. The van der Waals surface area contributed by atoms with Gasteiger partial charge in [-0.15, -0.1) is 10.2 Å². The predicted molar refractivity (Wildman–Crippen MR) is 99.6 cm³/mol. The molecule has 0 aliphatic rings. The minimum absolute atomic E-state index is 0.0139. The smallest absolute Gasteiger partial charge is 0.416 e. The van der Waals surface area contributed by atoms with Crippen LogP contribution in [-0.4, -0.2) is 32.9 Å². The first-order chi connectivity index (χ1) is 13.4. The fourth-order valence-electron chi connectivity index (χ4n) is 2.38. The SMILES string of the molecule is CCCOc1ccc(C(F)(F)F)cc1NC(=O)CSc1nnc2ccccn12. The number of carbonyl (C=O) groups excluding carboxylic acids is 1. The molecule has 1 amide bonds. The van der Waals surface area contributed by atoms with Gasteiger partial charge in [-0.05, 0) is 36.8 Å². The highest BCUT2D eigenvalue weighted by molar-refractivity contribution is 7.99. The lowest BCUT2D eigenvalue weighted by atomic mass is 10.1. The second kappa shape index (κ2) is 8.51. The Morgan fingerprint density at radius 2 is 2.07 bits per heavy atom. The molecule has 0 aliphatic heterocycles. The molecular weight excluding hydrogens is 393 g/mol. The molecular formula is C18H17F3N4O2S. The van der Waals surface area contributed by atoms with E-state index in [2.05, 4.69) is 15.5 Å². The van der Waals surface area contributed by atoms with Crippen LogP contribution in [-0.2, 0) is 11.0 Å². The van der Waals surface area contributed by atoms with Gasteiger partial charge in [-0.1, -0.05) is 24.8 Å². The minimum Gasteiger partial charge on any atom is -0.491 e. The first-order valence-corrected chi connectivity index (χ1v) is 9.43. The molecule has 10 heteroatoms. The van der Waals surface area contributed by atoms with Crippen LogP contribution in [0.1, 0.15) is 18.9 Å². The second-order valence-corrected chi connectivity index (χ2v) is 6.75. The maximum atomic E-state index is 13.0. The zero-order chi connectivity index (χ0) is 20.1. The molecule has 2 aromatic heterocycles. The van der Waals surface area contributed by atoms with Gasteiger partial charge in [0, 0.05) is 6.20 Å². The number of halogens is 3. The normalized spacial score (nSPS) is 11.6. The van der Waals surface area contributed by atoms with E-state index in [1.54, 1.807) is 22.7 Å². The van der Waals surface area contributed by atoms with E-state index >= 15 is 0 Å². The Balaban J connectivity index is 1.72. The third-order valence-electron chi connectivity index (χ3n) is 3.66. The van der Waals surface area contributed by atoms with Crippen LogP contribution in [0, 0.1) is 0 Å². The Kier molecular flexibility index (Phi) is 6.08. The van der Waals surface area contributed by atoms with Gasteiger partial charge in [-0.3, -0.25) is 9.20 Å². The van der Waals surface area contributed by atoms with Crippen molar-refractivity contribution in [2.45, 2.75) is 24.7 Å². The summed E-state index contributed by atoms with van der Waals surface area (Å²) < 4.78 is 46.2. The van der Waals surface area contributed by atoms with Crippen molar-refractivity contribution in [3.8, 4) is 5.75 Å². The fraction of sp³-hybridized carbons (Fsp3) is 0.278. The lowest BCUT2D eigenvalue weighted by Gasteiger charge is -2.15. The Morgan fingerprint density at radius 3 is 2.82 bits per heavy atom. The molecule has 0 radical (unpaired) electrons. The van der Waals surface area contributed by atoms with E-state index in [9.17, 15) is 18.0 Å². The number of nitrogens with one attached hydrogen (secondary N) is 1. The number of fused-ring (bicyclic) bond motifs is 1. The summed E-state index contributed by atoms with van der Waals surface area (Å²) in [7, 11) is 0. The zero-order valence-corrected chi connectivity index (χ0v) is 15.7.